The molecule has 1 fully saturated rings. The molecule has 2 N–H and O–H groups in total. The van der Waals surface area contributed by atoms with Crippen molar-refractivity contribution in [3.8, 4) is 5.75 Å². The molecule has 31 heavy (non-hydrogen) atoms. The van der Waals surface area contributed by atoms with E-state index in [2.05, 4.69) is 28.5 Å². The van der Waals surface area contributed by atoms with Gasteiger partial charge in [-0.2, -0.15) is 0 Å². The lowest BCUT2D eigenvalue weighted by molar-refractivity contribution is 0.153. The minimum atomic E-state index is -0.297. The van der Waals surface area contributed by atoms with Crippen LogP contribution in [0.5, 0.6) is 5.75 Å². The highest BCUT2D eigenvalue weighted by Gasteiger charge is 2.20. The van der Waals surface area contributed by atoms with Crippen molar-refractivity contribution in [3.05, 3.63) is 41.2 Å². The molecule has 0 aromatic heterocycles. The zero-order valence-electron chi connectivity index (χ0n) is 18.7. The minimum absolute atomic E-state index is 0. The molecular formula is C23H36FIN4O2. The van der Waals surface area contributed by atoms with E-state index in [9.17, 15) is 4.39 Å². The number of piperidine rings is 1. The number of nitrogens with zero attached hydrogens (tertiary/aromatic N) is 2. The van der Waals surface area contributed by atoms with Crippen LogP contribution in [0.25, 0.3) is 0 Å². The fourth-order valence-electron chi connectivity index (χ4n) is 3.92. The van der Waals surface area contributed by atoms with E-state index < -0.39 is 0 Å². The third kappa shape index (κ3) is 8.57. The highest BCUT2D eigenvalue weighted by Crippen LogP contribution is 2.20. The van der Waals surface area contributed by atoms with Gasteiger partial charge >= 0.3 is 0 Å². The molecule has 2 aliphatic rings. The summed E-state index contributed by atoms with van der Waals surface area (Å²) in [5, 5.41) is 6.96. The summed E-state index contributed by atoms with van der Waals surface area (Å²) in [6, 6.07) is 5.63. The van der Waals surface area contributed by atoms with Crippen molar-refractivity contribution in [1.29, 1.82) is 0 Å². The number of halogens is 2. The van der Waals surface area contributed by atoms with Crippen LogP contribution in [0.1, 0.15) is 38.2 Å². The van der Waals surface area contributed by atoms with Crippen LogP contribution in [0.15, 0.2) is 34.8 Å². The van der Waals surface area contributed by atoms with Gasteiger partial charge in [0.25, 0.3) is 0 Å². The van der Waals surface area contributed by atoms with Crippen molar-refractivity contribution in [2.24, 2.45) is 4.99 Å². The van der Waals surface area contributed by atoms with Gasteiger partial charge in [-0.15, -0.1) is 24.0 Å². The topological polar surface area (TPSA) is 58.1 Å². The predicted octanol–water partition coefficient (Wildman–Crippen LogP) is 3.71. The Bertz CT molecular complexity index is 736. The third-order valence-electron chi connectivity index (χ3n) is 5.66. The summed E-state index contributed by atoms with van der Waals surface area (Å²) in [4.78, 5) is 7.14. The van der Waals surface area contributed by atoms with E-state index in [-0.39, 0.29) is 29.8 Å². The Balaban J connectivity index is 0.00000341. The van der Waals surface area contributed by atoms with E-state index >= 15 is 0 Å². The van der Waals surface area contributed by atoms with Gasteiger partial charge in [0, 0.05) is 38.8 Å². The normalized spacial score (nSPS) is 18.2. The molecular weight excluding hydrogens is 510 g/mol. The first kappa shape index (κ1) is 25.9. The zero-order chi connectivity index (χ0) is 21.2. The molecule has 8 heteroatoms. The summed E-state index contributed by atoms with van der Waals surface area (Å²) in [6.45, 7) is 8.03. The van der Waals surface area contributed by atoms with Crippen molar-refractivity contribution < 1.29 is 13.9 Å². The molecule has 0 spiro atoms. The van der Waals surface area contributed by atoms with E-state index in [1.54, 1.807) is 12.1 Å². The number of nitrogens with one attached hydrogen (secondary N) is 2. The Morgan fingerprint density at radius 2 is 2.13 bits per heavy atom. The zero-order valence-corrected chi connectivity index (χ0v) is 21.0. The lowest BCUT2D eigenvalue weighted by Crippen LogP contribution is -2.48. The van der Waals surface area contributed by atoms with Crippen LogP contribution in [0.3, 0.4) is 0 Å². The van der Waals surface area contributed by atoms with Gasteiger partial charge in [0.15, 0.2) is 17.5 Å². The molecule has 0 bridgehead atoms. The molecule has 0 saturated carbocycles. The maximum Gasteiger partial charge on any atom is 0.191 e. The molecule has 6 nitrogen and oxygen atoms in total. The van der Waals surface area contributed by atoms with Gasteiger partial charge in [-0.25, -0.2) is 4.39 Å². The maximum absolute atomic E-state index is 13.9. The Labute approximate surface area is 202 Å². The van der Waals surface area contributed by atoms with Crippen LogP contribution in [0, 0.1) is 5.82 Å². The van der Waals surface area contributed by atoms with E-state index in [0.717, 1.165) is 83.1 Å². The standard InChI is InChI=1S/C23H35FN4O2.HI/c1-3-25-23(26-11-6-18-9-14-30-15-10-18)27-20-7-12-28(13-8-20)17-19-4-5-22(29-2)21(24)16-19;/h4-5,9,16,20H,3,6-8,10-15,17H2,1-2H3,(H2,25,26,27);1H. The van der Waals surface area contributed by atoms with Gasteiger partial charge in [0.2, 0.25) is 0 Å². The molecule has 2 aliphatic heterocycles. The minimum Gasteiger partial charge on any atom is -0.494 e. The third-order valence-corrected chi connectivity index (χ3v) is 5.66. The second kappa shape index (κ2) is 13.9. The molecule has 0 radical (unpaired) electrons. The van der Waals surface area contributed by atoms with Crippen molar-refractivity contribution in [1.82, 2.24) is 15.5 Å². The number of likely N-dealkylation sites (tertiary alicyclic amines) is 1. The lowest BCUT2D eigenvalue weighted by atomic mass is 10.0. The Kier molecular flexibility index (Phi) is 11.6. The van der Waals surface area contributed by atoms with Gasteiger partial charge in [-0.05, 0) is 50.3 Å². The van der Waals surface area contributed by atoms with Crippen molar-refractivity contribution >= 4 is 29.9 Å². The van der Waals surface area contributed by atoms with E-state index in [0.29, 0.717) is 11.8 Å². The number of aliphatic imine (C=N–C) groups is 1. The van der Waals surface area contributed by atoms with Crippen molar-refractivity contribution in [2.75, 3.05) is 46.5 Å². The molecule has 2 heterocycles. The number of guanidine groups is 1. The summed E-state index contributed by atoms with van der Waals surface area (Å²) >= 11 is 0. The van der Waals surface area contributed by atoms with Gasteiger partial charge in [0.05, 0.1) is 20.3 Å². The smallest absolute Gasteiger partial charge is 0.191 e. The summed E-state index contributed by atoms with van der Waals surface area (Å²) in [5.41, 5.74) is 2.43. The molecule has 0 atom stereocenters. The summed E-state index contributed by atoms with van der Waals surface area (Å²) in [6.07, 6.45) is 6.30. The van der Waals surface area contributed by atoms with Gasteiger partial charge < -0.3 is 20.1 Å². The van der Waals surface area contributed by atoms with Crippen molar-refractivity contribution in [2.45, 2.75) is 45.2 Å². The summed E-state index contributed by atoms with van der Waals surface area (Å²) in [7, 11) is 1.49. The monoisotopic (exact) mass is 546 g/mol. The van der Waals surface area contributed by atoms with E-state index in [4.69, 9.17) is 14.5 Å². The van der Waals surface area contributed by atoms with Crippen LogP contribution >= 0.6 is 24.0 Å². The second-order valence-electron chi connectivity index (χ2n) is 7.86. The molecule has 1 aromatic rings. The SMILES string of the molecule is CCNC(=NCCC1=CCOCC1)NC1CCN(Cc2ccc(OC)c(F)c2)CC1.I. The predicted molar refractivity (Wildman–Crippen MR) is 134 cm³/mol. The second-order valence-corrected chi connectivity index (χ2v) is 7.86. The van der Waals surface area contributed by atoms with Crippen LogP contribution in [0.2, 0.25) is 0 Å². The van der Waals surface area contributed by atoms with E-state index in [1.807, 2.05) is 6.07 Å². The summed E-state index contributed by atoms with van der Waals surface area (Å²) < 4.78 is 24.3. The highest BCUT2D eigenvalue weighted by atomic mass is 127. The van der Waals surface area contributed by atoms with Crippen molar-refractivity contribution in [3.63, 3.8) is 0 Å². The van der Waals surface area contributed by atoms with Crippen LogP contribution < -0.4 is 15.4 Å². The molecule has 1 saturated heterocycles. The number of benzene rings is 1. The molecule has 0 unspecified atom stereocenters. The first-order valence-electron chi connectivity index (χ1n) is 11.0. The van der Waals surface area contributed by atoms with Gasteiger partial charge in [-0.3, -0.25) is 9.89 Å². The number of rotatable bonds is 8. The number of methoxy groups -OCH3 is 1. The number of hydrogen-bond donors (Lipinski definition) is 2. The van der Waals surface area contributed by atoms with E-state index in [1.165, 1.54) is 12.7 Å². The first-order chi connectivity index (χ1) is 14.7. The average Bonchev–Trinajstić information content (AvgIpc) is 2.76. The molecule has 3 rings (SSSR count). The van der Waals surface area contributed by atoms with Crippen LogP contribution in [0.4, 0.5) is 4.39 Å². The van der Waals surface area contributed by atoms with Gasteiger partial charge in [-0.1, -0.05) is 17.7 Å². The van der Waals surface area contributed by atoms with Crippen LogP contribution in [-0.2, 0) is 11.3 Å². The maximum atomic E-state index is 13.9. The molecule has 174 valence electrons. The largest absolute Gasteiger partial charge is 0.494 e. The Morgan fingerprint density at radius 3 is 2.77 bits per heavy atom. The Morgan fingerprint density at radius 1 is 1.32 bits per heavy atom. The molecule has 1 aromatic carbocycles. The fourth-order valence-corrected chi connectivity index (χ4v) is 3.92. The first-order valence-corrected chi connectivity index (χ1v) is 11.0. The highest BCUT2D eigenvalue weighted by molar-refractivity contribution is 14.0. The number of hydrogen-bond acceptors (Lipinski definition) is 4. The molecule has 0 aliphatic carbocycles. The van der Waals surface area contributed by atoms with Crippen LogP contribution in [-0.4, -0.2) is 63.4 Å². The number of ether oxygens (including phenoxy) is 2. The van der Waals surface area contributed by atoms with Gasteiger partial charge in [0.1, 0.15) is 0 Å². The lowest BCUT2D eigenvalue weighted by Gasteiger charge is -2.33. The quantitative estimate of drug-likeness (QED) is 0.226. The Hall–Kier alpha value is -1.39. The molecule has 0 amide bonds. The fraction of sp³-hybridized carbons (Fsp3) is 0.609. The summed E-state index contributed by atoms with van der Waals surface area (Å²) in [5.74, 6) is 0.903. The average molecular weight is 546 g/mol.